The van der Waals surface area contributed by atoms with E-state index in [1.807, 2.05) is 18.2 Å². The summed E-state index contributed by atoms with van der Waals surface area (Å²) in [6.07, 6.45) is 0. The molecular weight excluding hydrogens is 188 g/mol. The number of nitrogens with zero attached hydrogens (tertiary/aromatic N) is 2. The summed E-state index contributed by atoms with van der Waals surface area (Å²) < 4.78 is 0. The van der Waals surface area contributed by atoms with Gasteiger partial charge in [0, 0.05) is 13.1 Å². The van der Waals surface area contributed by atoms with Gasteiger partial charge < -0.3 is 10.0 Å². The Morgan fingerprint density at radius 1 is 1.40 bits per heavy atom. The van der Waals surface area contributed by atoms with Gasteiger partial charge in [0.2, 0.25) is 0 Å². The monoisotopic (exact) mass is 208 g/mol. The van der Waals surface area contributed by atoms with Crippen LogP contribution in [0.15, 0.2) is 18.2 Å². The molecule has 0 amide bonds. The fraction of sp³-hybridized carbons (Fsp3) is 0.583. The molecule has 0 aliphatic carbocycles. The number of anilines is 1. The molecular formula is C12H20N2O. The molecule has 1 N–H and O–H groups in total. The normalized spacial score (nSPS) is 10.7. The summed E-state index contributed by atoms with van der Waals surface area (Å²) in [5.74, 6) is 1.57. The van der Waals surface area contributed by atoms with Crippen molar-refractivity contribution in [1.29, 1.82) is 0 Å². The van der Waals surface area contributed by atoms with Gasteiger partial charge in [0.05, 0.1) is 12.3 Å². The Labute approximate surface area is 91.8 Å². The Balaban J connectivity index is 2.81. The number of hydrogen-bond donors (Lipinski definition) is 1. The van der Waals surface area contributed by atoms with E-state index in [1.54, 1.807) is 0 Å². The van der Waals surface area contributed by atoms with Crippen molar-refractivity contribution in [3.05, 3.63) is 23.9 Å². The first-order chi connectivity index (χ1) is 7.17. The van der Waals surface area contributed by atoms with Gasteiger partial charge in [0.25, 0.3) is 0 Å². The lowest BCUT2D eigenvalue weighted by Crippen LogP contribution is -2.28. The van der Waals surface area contributed by atoms with Crippen LogP contribution in [0.5, 0.6) is 0 Å². The second-order valence-corrected chi connectivity index (χ2v) is 4.08. The average Bonchev–Trinajstić information content (AvgIpc) is 2.25. The van der Waals surface area contributed by atoms with Crippen LogP contribution in [0.2, 0.25) is 0 Å². The fourth-order valence-corrected chi connectivity index (χ4v) is 1.56. The fourth-order valence-electron chi connectivity index (χ4n) is 1.56. The second kappa shape index (κ2) is 5.71. The molecule has 0 radical (unpaired) electrons. The quantitative estimate of drug-likeness (QED) is 0.804. The number of hydrogen-bond acceptors (Lipinski definition) is 3. The van der Waals surface area contributed by atoms with Gasteiger partial charge in [0.1, 0.15) is 5.82 Å². The van der Waals surface area contributed by atoms with Crippen LogP contribution < -0.4 is 4.90 Å². The molecule has 0 spiro atoms. The van der Waals surface area contributed by atoms with E-state index in [-0.39, 0.29) is 6.61 Å². The number of rotatable bonds is 5. The summed E-state index contributed by atoms with van der Waals surface area (Å²) in [5, 5.41) is 9.02. The third-order valence-electron chi connectivity index (χ3n) is 2.25. The van der Waals surface area contributed by atoms with E-state index in [0.717, 1.165) is 24.6 Å². The molecule has 0 aliphatic heterocycles. The summed E-state index contributed by atoms with van der Waals surface area (Å²) in [7, 11) is 0. The number of aromatic nitrogens is 1. The maximum absolute atomic E-state index is 9.02. The zero-order chi connectivity index (χ0) is 11.3. The maximum atomic E-state index is 9.02. The standard InChI is InChI=1S/C12H20N2O/c1-4-14(8-10(2)3)12-7-5-6-11(9-15)13-12/h5-7,10,15H,4,8-9H2,1-3H3. The van der Waals surface area contributed by atoms with Crippen molar-refractivity contribution in [2.45, 2.75) is 27.4 Å². The molecule has 0 bridgehead atoms. The molecule has 0 fully saturated rings. The highest BCUT2D eigenvalue weighted by Gasteiger charge is 2.07. The lowest BCUT2D eigenvalue weighted by molar-refractivity contribution is 0.277. The van der Waals surface area contributed by atoms with Gasteiger partial charge in [-0.25, -0.2) is 4.98 Å². The van der Waals surface area contributed by atoms with Gasteiger partial charge in [-0.2, -0.15) is 0 Å². The van der Waals surface area contributed by atoms with Crippen LogP contribution >= 0.6 is 0 Å². The zero-order valence-corrected chi connectivity index (χ0v) is 9.77. The first-order valence-corrected chi connectivity index (χ1v) is 5.49. The molecule has 3 heteroatoms. The van der Waals surface area contributed by atoms with E-state index in [0.29, 0.717) is 5.92 Å². The molecule has 1 rings (SSSR count). The van der Waals surface area contributed by atoms with E-state index in [1.165, 1.54) is 0 Å². The smallest absolute Gasteiger partial charge is 0.128 e. The third kappa shape index (κ3) is 3.51. The van der Waals surface area contributed by atoms with Crippen molar-refractivity contribution in [2.75, 3.05) is 18.0 Å². The summed E-state index contributed by atoms with van der Waals surface area (Å²) in [6, 6.07) is 5.77. The number of aliphatic hydroxyl groups is 1. The summed E-state index contributed by atoms with van der Waals surface area (Å²) in [5.41, 5.74) is 0.731. The molecule has 3 nitrogen and oxygen atoms in total. The van der Waals surface area contributed by atoms with Gasteiger partial charge in [-0.15, -0.1) is 0 Å². The second-order valence-electron chi connectivity index (χ2n) is 4.08. The Hall–Kier alpha value is -1.09. The van der Waals surface area contributed by atoms with E-state index >= 15 is 0 Å². The Bertz CT molecular complexity index is 299. The molecule has 0 saturated carbocycles. The van der Waals surface area contributed by atoms with Crippen molar-refractivity contribution in [2.24, 2.45) is 5.92 Å². The van der Waals surface area contributed by atoms with Crippen molar-refractivity contribution < 1.29 is 5.11 Å². The van der Waals surface area contributed by atoms with E-state index in [2.05, 4.69) is 30.7 Å². The summed E-state index contributed by atoms with van der Waals surface area (Å²) in [4.78, 5) is 6.62. The topological polar surface area (TPSA) is 36.4 Å². The molecule has 1 aromatic rings. The van der Waals surface area contributed by atoms with Crippen LogP contribution in [0.1, 0.15) is 26.5 Å². The molecule has 0 unspecified atom stereocenters. The van der Waals surface area contributed by atoms with Crippen LogP contribution in [0, 0.1) is 5.92 Å². The van der Waals surface area contributed by atoms with E-state index in [4.69, 9.17) is 5.11 Å². The predicted octanol–water partition coefficient (Wildman–Crippen LogP) is 2.06. The van der Waals surface area contributed by atoms with E-state index in [9.17, 15) is 0 Å². The predicted molar refractivity (Wildman–Crippen MR) is 62.9 cm³/mol. The minimum Gasteiger partial charge on any atom is -0.390 e. The van der Waals surface area contributed by atoms with Gasteiger partial charge >= 0.3 is 0 Å². The molecule has 84 valence electrons. The zero-order valence-electron chi connectivity index (χ0n) is 9.77. The summed E-state index contributed by atoms with van der Waals surface area (Å²) in [6.45, 7) is 8.46. The first-order valence-electron chi connectivity index (χ1n) is 5.49. The minimum atomic E-state index is 0.00702. The molecule has 1 heterocycles. The molecule has 0 atom stereocenters. The maximum Gasteiger partial charge on any atom is 0.128 e. The van der Waals surface area contributed by atoms with Crippen molar-refractivity contribution in [1.82, 2.24) is 4.98 Å². The van der Waals surface area contributed by atoms with Gasteiger partial charge in [-0.3, -0.25) is 0 Å². The van der Waals surface area contributed by atoms with Gasteiger partial charge in [0.15, 0.2) is 0 Å². The van der Waals surface area contributed by atoms with E-state index < -0.39 is 0 Å². The van der Waals surface area contributed by atoms with Crippen LogP contribution in [0.25, 0.3) is 0 Å². The lowest BCUT2D eigenvalue weighted by Gasteiger charge is -2.24. The highest BCUT2D eigenvalue weighted by atomic mass is 16.3. The molecule has 0 saturated heterocycles. The molecule has 0 aliphatic rings. The van der Waals surface area contributed by atoms with Crippen molar-refractivity contribution in [3.8, 4) is 0 Å². The average molecular weight is 208 g/mol. The highest BCUT2D eigenvalue weighted by Crippen LogP contribution is 2.13. The molecule has 0 aromatic carbocycles. The third-order valence-corrected chi connectivity index (χ3v) is 2.25. The lowest BCUT2D eigenvalue weighted by atomic mass is 10.2. The van der Waals surface area contributed by atoms with Gasteiger partial charge in [-0.05, 0) is 25.0 Å². The first kappa shape index (κ1) is 12.0. The SMILES string of the molecule is CCN(CC(C)C)c1cccc(CO)n1. The van der Waals surface area contributed by atoms with Crippen molar-refractivity contribution in [3.63, 3.8) is 0 Å². The minimum absolute atomic E-state index is 0.00702. The van der Waals surface area contributed by atoms with Crippen LogP contribution in [-0.2, 0) is 6.61 Å². The Morgan fingerprint density at radius 3 is 2.67 bits per heavy atom. The number of pyridine rings is 1. The van der Waals surface area contributed by atoms with Crippen molar-refractivity contribution >= 4 is 5.82 Å². The molecule has 15 heavy (non-hydrogen) atoms. The Kier molecular flexibility index (Phi) is 4.56. The van der Waals surface area contributed by atoms with Crippen LogP contribution in [-0.4, -0.2) is 23.2 Å². The Morgan fingerprint density at radius 2 is 2.13 bits per heavy atom. The van der Waals surface area contributed by atoms with Crippen LogP contribution in [0.3, 0.4) is 0 Å². The van der Waals surface area contributed by atoms with Gasteiger partial charge in [-0.1, -0.05) is 19.9 Å². The molecule has 1 aromatic heterocycles. The largest absolute Gasteiger partial charge is 0.390 e. The number of aliphatic hydroxyl groups excluding tert-OH is 1. The summed E-state index contributed by atoms with van der Waals surface area (Å²) >= 11 is 0. The van der Waals surface area contributed by atoms with Crippen LogP contribution in [0.4, 0.5) is 5.82 Å². The highest BCUT2D eigenvalue weighted by molar-refractivity contribution is 5.39.